The van der Waals surface area contributed by atoms with Crippen LogP contribution in [0.4, 0.5) is 5.82 Å². The first-order valence-electron chi connectivity index (χ1n) is 10.7. The summed E-state index contributed by atoms with van der Waals surface area (Å²) in [6, 6.07) is 0. The van der Waals surface area contributed by atoms with E-state index in [-0.39, 0.29) is 0 Å². The summed E-state index contributed by atoms with van der Waals surface area (Å²) in [5.41, 5.74) is 1.56. The minimum absolute atomic E-state index is 0.828. The molecule has 2 saturated heterocycles. The number of hydrogen-bond donors (Lipinski definition) is 0. The standard InChI is InChI=1S/C21H30N4OS/c1-2-4-9-25(10-5-3-1)20-19-16-7-6-8-17(16)27-21(19)23-18(22-20)15-24-11-13-26-14-12-24/h1-15H2. The average Bonchev–Trinajstić information content (AvgIpc) is 3.22. The molecule has 0 radical (unpaired) electrons. The molecular formula is C21H30N4OS. The monoisotopic (exact) mass is 386 g/mol. The lowest BCUT2D eigenvalue weighted by molar-refractivity contribution is 0.0331. The van der Waals surface area contributed by atoms with Crippen molar-refractivity contribution in [2.24, 2.45) is 0 Å². The Kier molecular flexibility index (Phi) is 5.29. The molecule has 2 fully saturated rings. The molecule has 0 spiro atoms. The Morgan fingerprint density at radius 1 is 0.852 bits per heavy atom. The van der Waals surface area contributed by atoms with Gasteiger partial charge in [0.1, 0.15) is 16.5 Å². The van der Waals surface area contributed by atoms with Crippen LogP contribution in [0.5, 0.6) is 0 Å². The summed E-state index contributed by atoms with van der Waals surface area (Å²) in [4.78, 5) is 18.0. The van der Waals surface area contributed by atoms with Gasteiger partial charge in [-0.3, -0.25) is 4.90 Å². The fourth-order valence-electron chi connectivity index (χ4n) is 4.74. The fourth-order valence-corrected chi connectivity index (χ4v) is 6.01. The first-order valence-corrected chi connectivity index (χ1v) is 11.6. The van der Waals surface area contributed by atoms with Crippen LogP contribution in [0, 0.1) is 0 Å². The van der Waals surface area contributed by atoms with Crippen LogP contribution >= 0.6 is 11.3 Å². The summed E-state index contributed by atoms with van der Waals surface area (Å²) >= 11 is 1.93. The van der Waals surface area contributed by atoms with Gasteiger partial charge in [0, 0.05) is 31.1 Å². The predicted molar refractivity (Wildman–Crippen MR) is 111 cm³/mol. The molecule has 27 heavy (non-hydrogen) atoms. The first kappa shape index (κ1) is 17.8. The Labute approximate surface area is 165 Å². The van der Waals surface area contributed by atoms with Crippen molar-refractivity contribution in [3.63, 3.8) is 0 Å². The highest BCUT2D eigenvalue weighted by atomic mass is 32.1. The highest BCUT2D eigenvalue weighted by Crippen LogP contribution is 2.41. The molecule has 2 aliphatic heterocycles. The molecule has 0 amide bonds. The van der Waals surface area contributed by atoms with Gasteiger partial charge in [0.2, 0.25) is 0 Å². The number of anilines is 1. The number of ether oxygens (including phenoxy) is 1. The van der Waals surface area contributed by atoms with E-state index >= 15 is 0 Å². The Bertz CT molecular complexity index is 791. The summed E-state index contributed by atoms with van der Waals surface area (Å²) < 4.78 is 5.50. The molecule has 2 aromatic rings. The lowest BCUT2D eigenvalue weighted by Crippen LogP contribution is -2.36. The summed E-state index contributed by atoms with van der Waals surface area (Å²) in [6.45, 7) is 6.77. The van der Waals surface area contributed by atoms with E-state index in [1.807, 2.05) is 11.3 Å². The quantitative estimate of drug-likeness (QED) is 0.803. The molecule has 0 bridgehead atoms. The topological polar surface area (TPSA) is 41.5 Å². The van der Waals surface area contributed by atoms with Crippen LogP contribution in [0.25, 0.3) is 10.2 Å². The summed E-state index contributed by atoms with van der Waals surface area (Å²) in [5, 5.41) is 1.39. The van der Waals surface area contributed by atoms with E-state index in [1.165, 1.54) is 67.4 Å². The lowest BCUT2D eigenvalue weighted by Gasteiger charge is -2.28. The van der Waals surface area contributed by atoms with Crippen LogP contribution in [0.1, 0.15) is 54.8 Å². The van der Waals surface area contributed by atoms with Gasteiger partial charge < -0.3 is 9.64 Å². The zero-order chi connectivity index (χ0) is 18.1. The van der Waals surface area contributed by atoms with Crippen molar-refractivity contribution >= 4 is 27.4 Å². The van der Waals surface area contributed by atoms with Gasteiger partial charge in [0.05, 0.1) is 25.1 Å². The van der Waals surface area contributed by atoms with Crippen LogP contribution < -0.4 is 4.90 Å². The van der Waals surface area contributed by atoms with Crippen LogP contribution in [0.3, 0.4) is 0 Å². The number of aryl methyl sites for hydroxylation is 2. The zero-order valence-corrected chi connectivity index (χ0v) is 17.0. The Morgan fingerprint density at radius 3 is 2.44 bits per heavy atom. The molecule has 0 atom stereocenters. The summed E-state index contributed by atoms with van der Waals surface area (Å²) in [6.07, 6.45) is 10.4. The van der Waals surface area contributed by atoms with Crippen LogP contribution in [-0.4, -0.2) is 54.3 Å². The molecule has 3 aliphatic rings. The van der Waals surface area contributed by atoms with Crippen molar-refractivity contribution in [3.8, 4) is 0 Å². The van der Waals surface area contributed by atoms with Gasteiger partial charge >= 0.3 is 0 Å². The van der Waals surface area contributed by atoms with E-state index < -0.39 is 0 Å². The van der Waals surface area contributed by atoms with Crippen LogP contribution in [0.15, 0.2) is 0 Å². The molecule has 146 valence electrons. The maximum absolute atomic E-state index is 5.50. The minimum Gasteiger partial charge on any atom is -0.379 e. The highest BCUT2D eigenvalue weighted by molar-refractivity contribution is 7.19. The molecule has 0 aromatic carbocycles. The van der Waals surface area contributed by atoms with Gasteiger partial charge in [-0.15, -0.1) is 11.3 Å². The van der Waals surface area contributed by atoms with Crippen molar-refractivity contribution in [1.82, 2.24) is 14.9 Å². The number of rotatable bonds is 3. The van der Waals surface area contributed by atoms with E-state index in [0.29, 0.717) is 0 Å². The Hall–Kier alpha value is -1.24. The van der Waals surface area contributed by atoms with Crippen molar-refractivity contribution in [2.75, 3.05) is 44.3 Å². The van der Waals surface area contributed by atoms with Gasteiger partial charge in [-0.25, -0.2) is 9.97 Å². The third-order valence-corrected chi connectivity index (χ3v) is 7.40. The number of morpholine rings is 1. The van der Waals surface area contributed by atoms with Gasteiger partial charge in [-0.1, -0.05) is 19.3 Å². The first-order chi connectivity index (χ1) is 13.4. The maximum atomic E-state index is 5.50. The molecule has 5 rings (SSSR count). The number of nitrogens with zero attached hydrogens (tertiary/aromatic N) is 4. The molecule has 6 heteroatoms. The maximum Gasteiger partial charge on any atom is 0.146 e. The van der Waals surface area contributed by atoms with Gasteiger partial charge in [-0.05, 0) is 37.7 Å². The molecule has 0 saturated carbocycles. The van der Waals surface area contributed by atoms with Crippen molar-refractivity contribution < 1.29 is 4.74 Å². The van der Waals surface area contributed by atoms with Crippen molar-refractivity contribution in [3.05, 3.63) is 16.3 Å². The number of fused-ring (bicyclic) bond motifs is 3. The highest BCUT2D eigenvalue weighted by Gasteiger charge is 2.25. The molecule has 0 N–H and O–H groups in total. The number of thiophene rings is 1. The second kappa shape index (κ2) is 8.02. The van der Waals surface area contributed by atoms with Gasteiger partial charge in [-0.2, -0.15) is 0 Å². The largest absolute Gasteiger partial charge is 0.379 e. The predicted octanol–water partition coefficient (Wildman–Crippen LogP) is 3.78. The molecule has 4 heterocycles. The third kappa shape index (κ3) is 3.71. The Balaban J connectivity index is 1.53. The van der Waals surface area contributed by atoms with E-state index in [9.17, 15) is 0 Å². The zero-order valence-electron chi connectivity index (χ0n) is 16.2. The van der Waals surface area contributed by atoms with Crippen LogP contribution in [0.2, 0.25) is 0 Å². The summed E-state index contributed by atoms with van der Waals surface area (Å²) in [7, 11) is 0. The molecular weight excluding hydrogens is 356 g/mol. The SMILES string of the molecule is C1CCCN(c2nc(CN3CCOCC3)nc3sc4c(c23)CCC4)CCC1. The molecule has 2 aromatic heterocycles. The molecule has 5 nitrogen and oxygen atoms in total. The average molecular weight is 387 g/mol. The van der Waals surface area contributed by atoms with Crippen LogP contribution in [-0.2, 0) is 24.1 Å². The lowest BCUT2D eigenvalue weighted by atomic mass is 10.1. The van der Waals surface area contributed by atoms with Crippen molar-refractivity contribution in [1.29, 1.82) is 0 Å². The second-order valence-corrected chi connectivity index (χ2v) is 9.23. The van der Waals surface area contributed by atoms with E-state index in [2.05, 4.69) is 9.80 Å². The van der Waals surface area contributed by atoms with E-state index in [1.54, 1.807) is 10.4 Å². The molecule has 1 aliphatic carbocycles. The number of aromatic nitrogens is 2. The third-order valence-electron chi connectivity index (χ3n) is 6.22. The van der Waals surface area contributed by atoms with E-state index in [4.69, 9.17) is 14.7 Å². The Morgan fingerprint density at radius 2 is 1.63 bits per heavy atom. The normalized spacial score (nSPS) is 22.0. The smallest absolute Gasteiger partial charge is 0.146 e. The fraction of sp³-hybridized carbons (Fsp3) is 0.714. The molecule has 0 unspecified atom stereocenters. The van der Waals surface area contributed by atoms with E-state index in [0.717, 1.165) is 51.8 Å². The number of hydrogen-bond acceptors (Lipinski definition) is 6. The summed E-state index contributed by atoms with van der Waals surface area (Å²) in [5.74, 6) is 2.24. The minimum atomic E-state index is 0.828. The van der Waals surface area contributed by atoms with Gasteiger partial charge in [0.15, 0.2) is 0 Å². The second-order valence-electron chi connectivity index (χ2n) is 8.14. The van der Waals surface area contributed by atoms with Crippen molar-refractivity contribution in [2.45, 2.75) is 57.9 Å². The van der Waals surface area contributed by atoms with Gasteiger partial charge in [0.25, 0.3) is 0 Å².